The highest BCUT2D eigenvalue weighted by molar-refractivity contribution is 7.86. The molecule has 0 radical (unpaired) electrons. The van der Waals surface area contributed by atoms with Crippen molar-refractivity contribution in [2.75, 3.05) is 37.3 Å². The number of likely N-dealkylation sites (N-methyl/N-ethyl adjacent to an activating group) is 1. The number of hydrogen-bond donors (Lipinski definition) is 0. The molecule has 1 heterocycles. The van der Waals surface area contributed by atoms with Gasteiger partial charge in [0, 0.05) is 49.4 Å². The third-order valence-electron chi connectivity index (χ3n) is 4.81. The van der Waals surface area contributed by atoms with E-state index in [0.717, 1.165) is 28.1 Å². The maximum Gasteiger partial charge on any atom is 0.119 e. The second-order valence-electron chi connectivity index (χ2n) is 6.61. The van der Waals surface area contributed by atoms with Crippen molar-refractivity contribution in [3.8, 4) is 6.07 Å². The Bertz CT molecular complexity index is 920. The average Bonchev–Trinajstić information content (AvgIpc) is 2.73. The van der Waals surface area contributed by atoms with Crippen LogP contribution < -0.4 is 4.31 Å². The summed E-state index contributed by atoms with van der Waals surface area (Å²) < 4.78 is 19.3. The molecular formula is C23H29N3O2S. The van der Waals surface area contributed by atoms with Crippen LogP contribution in [0.2, 0.25) is 0 Å². The summed E-state index contributed by atoms with van der Waals surface area (Å²) in [7, 11) is 2.77. The fourth-order valence-electron chi connectivity index (χ4n) is 3.30. The summed E-state index contributed by atoms with van der Waals surface area (Å²) in [6, 6.07) is 10.3. The van der Waals surface area contributed by atoms with E-state index in [1.807, 2.05) is 71.3 Å². The van der Waals surface area contributed by atoms with E-state index in [9.17, 15) is 9.47 Å². The van der Waals surface area contributed by atoms with Gasteiger partial charge in [0.05, 0.1) is 12.2 Å². The Morgan fingerprint density at radius 2 is 2.03 bits per heavy atom. The predicted octanol–water partition coefficient (Wildman–Crippen LogP) is 4.41. The average molecular weight is 412 g/mol. The SMILES string of the molecule is C=C(/C=C1\C(=C/C)C(C#N)=C(c2ccc(N(C)S(=O)CC)cc2)CN1C)OCC. The van der Waals surface area contributed by atoms with Gasteiger partial charge < -0.3 is 9.64 Å². The third-order valence-corrected chi connectivity index (χ3v) is 6.13. The number of benzene rings is 1. The van der Waals surface area contributed by atoms with Gasteiger partial charge in [-0.3, -0.25) is 4.31 Å². The molecule has 0 bridgehead atoms. The minimum atomic E-state index is -1.04. The Hall–Kier alpha value is -2.78. The summed E-state index contributed by atoms with van der Waals surface area (Å²) in [5.74, 6) is 1.14. The number of nitriles is 1. The third kappa shape index (κ3) is 4.99. The zero-order valence-corrected chi connectivity index (χ0v) is 18.7. The zero-order valence-electron chi connectivity index (χ0n) is 17.9. The van der Waals surface area contributed by atoms with E-state index in [-0.39, 0.29) is 0 Å². The lowest BCUT2D eigenvalue weighted by molar-refractivity contribution is 0.242. The van der Waals surface area contributed by atoms with Crippen molar-refractivity contribution >= 4 is 22.2 Å². The molecule has 0 fully saturated rings. The molecule has 1 aromatic carbocycles. The smallest absolute Gasteiger partial charge is 0.119 e. The lowest BCUT2D eigenvalue weighted by atomic mass is 9.88. The molecule has 29 heavy (non-hydrogen) atoms. The zero-order chi connectivity index (χ0) is 21.6. The minimum Gasteiger partial charge on any atom is -0.494 e. The van der Waals surface area contributed by atoms with Crippen molar-refractivity contribution < 1.29 is 8.95 Å². The first-order valence-corrected chi connectivity index (χ1v) is 10.9. The summed E-state index contributed by atoms with van der Waals surface area (Å²) in [6.07, 6.45) is 3.83. The molecule has 2 rings (SSSR count). The molecule has 154 valence electrons. The van der Waals surface area contributed by atoms with Crippen LogP contribution >= 0.6 is 0 Å². The van der Waals surface area contributed by atoms with Gasteiger partial charge in [-0.2, -0.15) is 5.26 Å². The number of anilines is 1. The van der Waals surface area contributed by atoms with Gasteiger partial charge in [0.2, 0.25) is 0 Å². The molecule has 1 aliphatic rings. The quantitative estimate of drug-likeness (QED) is 0.624. The van der Waals surface area contributed by atoms with Crippen LogP contribution in [0.5, 0.6) is 0 Å². The second kappa shape index (κ2) is 10.1. The topological polar surface area (TPSA) is 56.6 Å². The van der Waals surface area contributed by atoms with E-state index in [1.165, 1.54) is 0 Å². The van der Waals surface area contributed by atoms with Crippen LogP contribution in [0.4, 0.5) is 5.69 Å². The van der Waals surface area contributed by atoms with Crippen molar-refractivity contribution in [2.45, 2.75) is 20.8 Å². The molecule has 5 nitrogen and oxygen atoms in total. The number of rotatable bonds is 7. The lowest BCUT2D eigenvalue weighted by Crippen LogP contribution is -2.27. The molecule has 0 N–H and O–H groups in total. The highest BCUT2D eigenvalue weighted by Crippen LogP contribution is 2.36. The molecule has 1 aromatic rings. The maximum absolute atomic E-state index is 12.0. The summed E-state index contributed by atoms with van der Waals surface area (Å²) in [5.41, 5.74) is 5.27. The number of hydrogen-bond acceptors (Lipinski definition) is 4. The summed E-state index contributed by atoms with van der Waals surface area (Å²) >= 11 is 0. The predicted molar refractivity (Wildman–Crippen MR) is 121 cm³/mol. The van der Waals surface area contributed by atoms with Gasteiger partial charge in [-0.15, -0.1) is 0 Å². The Morgan fingerprint density at radius 3 is 2.55 bits per heavy atom. The van der Waals surface area contributed by atoms with Crippen LogP contribution in [-0.4, -0.2) is 42.1 Å². The van der Waals surface area contributed by atoms with Crippen LogP contribution in [0.1, 0.15) is 26.3 Å². The molecule has 0 aromatic heterocycles. The van der Waals surface area contributed by atoms with Gasteiger partial charge in [0.1, 0.15) is 22.8 Å². The highest BCUT2D eigenvalue weighted by atomic mass is 32.2. The number of ether oxygens (including phenoxy) is 1. The maximum atomic E-state index is 12.0. The second-order valence-corrected chi connectivity index (χ2v) is 8.38. The molecular weight excluding hydrogens is 382 g/mol. The Balaban J connectivity index is 2.47. The van der Waals surface area contributed by atoms with Crippen LogP contribution in [0.25, 0.3) is 5.57 Å². The molecule has 0 saturated heterocycles. The van der Waals surface area contributed by atoms with Crippen molar-refractivity contribution in [2.24, 2.45) is 0 Å². The molecule has 6 heteroatoms. The first-order chi connectivity index (χ1) is 13.9. The molecule has 1 unspecified atom stereocenters. The standard InChI is InChI=1S/C23H29N3O2S/c1-7-20-21(15-24)22(16-25(5)23(20)14-17(4)28-8-2)18-10-12-19(13-11-18)26(6)29(27)9-3/h7,10-14H,4,8-9,16H2,1-3,5-6H3/b20-7-,23-14+. The van der Waals surface area contributed by atoms with Gasteiger partial charge >= 0.3 is 0 Å². The van der Waals surface area contributed by atoms with Crippen molar-refractivity contribution in [3.63, 3.8) is 0 Å². The van der Waals surface area contributed by atoms with Gasteiger partial charge in [0.15, 0.2) is 0 Å². The van der Waals surface area contributed by atoms with Crippen LogP contribution in [0.3, 0.4) is 0 Å². The fraction of sp³-hybridized carbons (Fsp3) is 0.348. The highest BCUT2D eigenvalue weighted by Gasteiger charge is 2.26. The molecule has 0 spiro atoms. The molecule has 0 aliphatic carbocycles. The van der Waals surface area contributed by atoms with Crippen molar-refractivity contribution in [1.29, 1.82) is 5.26 Å². The van der Waals surface area contributed by atoms with Gasteiger partial charge in [-0.25, -0.2) is 4.21 Å². The first kappa shape index (κ1) is 22.5. The van der Waals surface area contributed by atoms with Crippen molar-refractivity contribution in [3.05, 3.63) is 71.2 Å². The molecule has 0 amide bonds. The van der Waals surface area contributed by atoms with Gasteiger partial charge in [-0.05, 0) is 37.1 Å². The summed E-state index contributed by atoms with van der Waals surface area (Å²) in [5, 5.41) is 9.92. The van der Waals surface area contributed by atoms with Crippen molar-refractivity contribution in [1.82, 2.24) is 4.90 Å². The van der Waals surface area contributed by atoms with E-state index in [0.29, 0.717) is 30.2 Å². The lowest BCUT2D eigenvalue weighted by Gasteiger charge is -2.32. The number of nitrogens with zero attached hydrogens (tertiary/aromatic N) is 3. The van der Waals surface area contributed by atoms with E-state index in [2.05, 4.69) is 17.5 Å². The van der Waals surface area contributed by atoms with E-state index in [1.54, 1.807) is 4.31 Å². The minimum absolute atomic E-state index is 0.549. The summed E-state index contributed by atoms with van der Waals surface area (Å²) in [6.45, 7) is 10.8. The van der Waals surface area contributed by atoms with Crippen LogP contribution in [-0.2, 0) is 15.7 Å². The van der Waals surface area contributed by atoms with Gasteiger partial charge in [-0.1, -0.05) is 31.7 Å². The normalized spacial score (nSPS) is 18.0. The van der Waals surface area contributed by atoms with E-state index in [4.69, 9.17) is 4.74 Å². The molecule has 1 aliphatic heterocycles. The largest absolute Gasteiger partial charge is 0.494 e. The monoisotopic (exact) mass is 411 g/mol. The fourth-order valence-corrected chi connectivity index (χ4v) is 4.05. The Labute approximate surface area is 176 Å². The molecule has 0 saturated carbocycles. The van der Waals surface area contributed by atoms with E-state index >= 15 is 0 Å². The Morgan fingerprint density at radius 1 is 1.38 bits per heavy atom. The van der Waals surface area contributed by atoms with Crippen LogP contribution in [0, 0.1) is 11.3 Å². The Kier molecular flexibility index (Phi) is 7.86. The first-order valence-electron chi connectivity index (χ1n) is 9.65. The number of allylic oxidation sites excluding steroid dienone is 3. The van der Waals surface area contributed by atoms with Gasteiger partial charge in [0.25, 0.3) is 0 Å². The van der Waals surface area contributed by atoms with E-state index < -0.39 is 11.0 Å². The van der Waals surface area contributed by atoms with Crippen LogP contribution in [0.15, 0.2) is 65.6 Å². The summed E-state index contributed by atoms with van der Waals surface area (Å²) in [4.78, 5) is 2.10. The molecule has 1 atom stereocenters.